The van der Waals surface area contributed by atoms with E-state index in [9.17, 15) is 4.79 Å². The molecule has 2 heterocycles. The summed E-state index contributed by atoms with van der Waals surface area (Å²) in [6, 6.07) is 9.41. The predicted octanol–water partition coefficient (Wildman–Crippen LogP) is 1.71. The Balaban J connectivity index is 1.80. The van der Waals surface area contributed by atoms with Gasteiger partial charge in [0.15, 0.2) is 5.76 Å². The lowest BCUT2D eigenvalue weighted by Crippen LogP contribution is -2.13. The number of hydrogen-bond donors (Lipinski definition) is 2. The molecular formula is C12H9N5O2. The van der Waals surface area contributed by atoms with E-state index in [1.807, 2.05) is 30.3 Å². The van der Waals surface area contributed by atoms with Gasteiger partial charge in [0.1, 0.15) is 6.33 Å². The Kier molecular flexibility index (Phi) is 2.77. The number of oxazole rings is 1. The molecule has 7 nitrogen and oxygen atoms in total. The van der Waals surface area contributed by atoms with Crippen LogP contribution in [-0.2, 0) is 0 Å². The minimum Gasteiger partial charge on any atom is -0.432 e. The molecule has 0 unspecified atom stereocenters. The highest BCUT2D eigenvalue weighted by molar-refractivity contribution is 5.99. The predicted molar refractivity (Wildman–Crippen MR) is 66.3 cm³/mol. The second-order valence-electron chi connectivity index (χ2n) is 3.68. The molecule has 0 aliphatic carbocycles. The van der Waals surface area contributed by atoms with E-state index in [1.165, 1.54) is 12.5 Å². The van der Waals surface area contributed by atoms with Gasteiger partial charge in [-0.05, 0) is 0 Å². The van der Waals surface area contributed by atoms with Crippen LogP contribution in [0, 0.1) is 0 Å². The number of anilines is 1. The number of carbonyl (C=O) groups is 1. The molecule has 0 radical (unpaired) electrons. The zero-order valence-electron chi connectivity index (χ0n) is 9.70. The van der Waals surface area contributed by atoms with Crippen molar-refractivity contribution in [2.75, 3.05) is 5.32 Å². The van der Waals surface area contributed by atoms with Crippen molar-refractivity contribution in [2.45, 2.75) is 0 Å². The maximum absolute atomic E-state index is 11.8. The van der Waals surface area contributed by atoms with Crippen LogP contribution >= 0.6 is 0 Å². The fraction of sp³-hybridized carbons (Fsp3) is 0. The molecule has 3 aromatic rings. The maximum Gasteiger partial charge on any atom is 0.313 e. The Labute approximate surface area is 107 Å². The molecule has 2 N–H and O–H groups in total. The summed E-state index contributed by atoms with van der Waals surface area (Å²) in [7, 11) is 0. The fourth-order valence-corrected chi connectivity index (χ4v) is 1.54. The van der Waals surface area contributed by atoms with E-state index in [2.05, 4.69) is 25.5 Å². The van der Waals surface area contributed by atoms with Gasteiger partial charge in [-0.2, -0.15) is 10.1 Å². The zero-order chi connectivity index (χ0) is 13.1. The number of benzene rings is 1. The first-order valence-corrected chi connectivity index (χ1v) is 5.51. The second kappa shape index (κ2) is 4.73. The van der Waals surface area contributed by atoms with E-state index in [-0.39, 0.29) is 11.8 Å². The number of nitrogens with zero attached hydrogens (tertiary/aromatic N) is 3. The highest BCUT2D eigenvalue weighted by atomic mass is 16.4. The summed E-state index contributed by atoms with van der Waals surface area (Å²) in [4.78, 5) is 19.5. The zero-order valence-corrected chi connectivity index (χ0v) is 9.70. The summed E-state index contributed by atoms with van der Waals surface area (Å²) >= 11 is 0. The van der Waals surface area contributed by atoms with E-state index in [1.54, 1.807) is 0 Å². The molecule has 94 valence electrons. The number of carbonyl (C=O) groups excluding carboxylic acids is 1. The fourth-order valence-electron chi connectivity index (χ4n) is 1.54. The third-order valence-electron chi connectivity index (χ3n) is 2.41. The number of aromatic amines is 1. The van der Waals surface area contributed by atoms with Crippen molar-refractivity contribution in [3.8, 4) is 11.3 Å². The van der Waals surface area contributed by atoms with Crippen molar-refractivity contribution < 1.29 is 9.21 Å². The van der Waals surface area contributed by atoms with Gasteiger partial charge < -0.3 is 4.42 Å². The molecule has 0 fully saturated rings. The lowest BCUT2D eigenvalue weighted by atomic mass is 10.2. The van der Waals surface area contributed by atoms with Crippen LogP contribution in [0.3, 0.4) is 0 Å². The average molecular weight is 255 g/mol. The van der Waals surface area contributed by atoms with Crippen LogP contribution in [0.2, 0.25) is 0 Å². The average Bonchev–Trinajstić information content (AvgIpc) is 3.10. The molecule has 3 rings (SSSR count). The van der Waals surface area contributed by atoms with Gasteiger partial charge in [-0.25, -0.2) is 10.1 Å². The molecule has 0 spiro atoms. The molecule has 1 amide bonds. The number of aromatic nitrogens is 4. The second-order valence-corrected chi connectivity index (χ2v) is 3.68. The molecule has 1 aromatic carbocycles. The van der Waals surface area contributed by atoms with Crippen LogP contribution in [0.25, 0.3) is 11.3 Å². The SMILES string of the molecule is O=C(Nc1ncn[nH]1)c1ncc(-c2ccccc2)o1. The van der Waals surface area contributed by atoms with Gasteiger partial charge in [-0.15, -0.1) is 0 Å². The van der Waals surface area contributed by atoms with Crippen LogP contribution in [-0.4, -0.2) is 26.1 Å². The first-order valence-electron chi connectivity index (χ1n) is 5.51. The molecule has 0 saturated carbocycles. The summed E-state index contributed by atoms with van der Waals surface area (Å²) in [5.41, 5.74) is 0.855. The summed E-state index contributed by atoms with van der Waals surface area (Å²) in [6.07, 6.45) is 2.80. The highest BCUT2D eigenvalue weighted by Crippen LogP contribution is 2.19. The van der Waals surface area contributed by atoms with Crippen molar-refractivity contribution >= 4 is 11.9 Å². The number of rotatable bonds is 3. The van der Waals surface area contributed by atoms with Gasteiger partial charge >= 0.3 is 5.91 Å². The van der Waals surface area contributed by atoms with Crippen LogP contribution < -0.4 is 5.32 Å². The first-order chi connectivity index (χ1) is 9.33. The van der Waals surface area contributed by atoms with Gasteiger partial charge in [-0.1, -0.05) is 30.3 Å². The molecule has 2 aromatic heterocycles. The third kappa shape index (κ3) is 2.34. The summed E-state index contributed by atoms with van der Waals surface area (Å²) in [5, 5.41) is 8.61. The Morgan fingerprint density at radius 1 is 1.21 bits per heavy atom. The van der Waals surface area contributed by atoms with E-state index < -0.39 is 5.91 Å². The Hall–Kier alpha value is -2.96. The molecular weight excluding hydrogens is 246 g/mol. The van der Waals surface area contributed by atoms with E-state index >= 15 is 0 Å². The number of amides is 1. The number of hydrogen-bond acceptors (Lipinski definition) is 5. The van der Waals surface area contributed by atoms with E-state index in [0.717, 1.165) is 5.56 Å². The Morgan fingerprint density at radius 3 is 2.79 bits per heavy atom. The largest absolute Gasteiger partial charge is 0.432 e. The molecule has 0 saturated heterocycles. The standard InChI is InChI=1S/C12H9N5O2/c18-10(16-12-14-7-15-17-12)11-13-6-9(19-11)8-4-2-1-3-5-8/h1-7H,(H2,14,15,16,17,18). The van der Waals surface area contributed by atoms with Gasteiger partial charge in [0.05, 0.1) is 6.20 Å². The summed E-state index contributed by atoms with van der Waals surface area (Å²) in [6.45, 7) is 0. The van der Waals surface area contributed by atoms with Gasteiger partial charge in [-0.3, -0.25) is 10.1 Å². The lowest BCUT2D eigenvalue weighted by Gasteiger charge is -1.96. The van der Waals surface area contributed by atoms with Crippen molar-refractivity contribution in [1.82, 2.24) is 20.2 Å². The molecule has 0 bridgehead atoms. The van der Waals surface area contributed by atoms with Crippen molar-refractivity contribution in [3.05, 3.63) is 48.7 Å². The quantitative estimate of drug-likeness (QED) is 0.742. The Morgan fingerprint density at radius 2 is 2.05 bits per heavy atom. The smallest absolute Gasteiger partial charge is 0.313 e. The van der Waals surface area contributed by atoms with Gasteiger partial charge in [0, 0.05) is 5.56 Å². The molecule has 0 atom stereocenters. The van der Waals surface area contributed by atoms with E-state index in [4.69, 9.17) is 4.42 Å². The number of H-pyrrole nitrogens is 1. The van der Waals surface area contributed by atoms with Gasteiger partial charge in [0.25, 0.3) is 5.89 Å². The maximum atomic E-state index is 11.8. The van der Waals surface area contributed by atoms with Crippen molar-refractivity contribution in [3.63, 3.8) is 0 Å². The van der Waals surface area contributed by atoms with Crippen LogP contribution in [0.15, 0.2) is 47.3 Å². The molecule has 7 heteroatoms. The van der Waals surface area contributed by atoms with E-state index in [0.29, 0.717) is 5.76 Å². The highest BCUT2D eigenvalue weighted by Gasteiger charge is 2.15. The van der Waals surface area contributed by atoms with Crippen LogP contribution in [0.1, 0.15) is 10.7 Å². The minimum atomic E-state index is -0.487. The normalized spacial score (nSPS) is 10.3. The molecule has 19 heavy (non-hydrogen) atoms. The number of nitrogens with one attached hydrogen (secondary N) is 2. The Bertz CT molecular complexity index is 675. The third-order valence-corrected chi connectivity index (χ3v) is 2.41. The topological polar surface area (TPSA) is 96.7 Å². The summed E-state index contributed by atoms with van der Waals surface area (Å²) < 4.78 is 5.40. The van der Waals surface area contributed by atoms with Crippen LogP contribution in [0.4, 0.5) is 5.95 Å². The lowest BCUT2D eigenvalue weighted by molar-refractivity contribution is 0.0990. The summed E-state index contributed by atoms with van der Waals surface area (Å²) in [5.74, 6) is 0.252. The van der Waals surface area contributed by atoms with Gasteiger partial charge in [0.2, 0.25) is 5.95 Å². The minimum absolute atomic E-state index is 0.0322. The van der Waals surface area contributed by atoms with Crippen molar-refractivity contribution in [2.24, 2.45) is 0 Å². The van der Waals surface area contributed by atoms with Crippen LogP contribution in [0.5, 0.6) is 0 Å². The monoisotopic (exact) mass is 255 g/mol. The first kappa shape index (κ1) is 11.1. The molecule has 0 aliphatic heterocycles. The molecule has 0 aliphatic rings. The van der Waals surface area contributed by atoms with Crippen molar-refractivity contribution in [1.29, 1.82) is 0 Å².